The van der Waals surface area contributed by atoms with Crippen molar-refractivity contribution in [3.63, 3.8) is 0 Å². The van der Waals surface area contributed by atoms with E-state index in [1.54, 1.807) is 6.92 Å². The molecule has 3 heterocycles. The van der Waals surface area contributed by atoms with Gasteiger partial charge in [0.1, 0.15) is 24.3 Å². The molecule has 0 radical (unpaired) electrons. The van der Waals surface area contributed by atoms with Crippen LogP contribution in [0.2, 0.25) is 0 Å². The molecule has 1 aromatic heterocycles. The quantitative estimate of drug-likeness (QED) is 0.925. The molecular weight excluding hydrogens is 318 g/mol. The molecular formula is C19H21N3O3. The number of aromatic amines is 1. The van der Waals surface area contributed by atoms with Gasteiger partial charge in [-0.25, -0.2) is 4.98 Å². The normalized spacial score (nSPS) is 20.5. The lowest BCUT2D eigenvalue weighted by Crippen LogP contribution is -2.40. The number of aryl methyl sites for hydroxylation is 1. The molecule has 0 aliphatic carbocycles. The number of ether oxygens (including phenoxy) is 2. The lowest BCUT2D eigenvalue weighted by Gasteiger charge is -2.33. The molecule has 1 saturated heterocycles. The molecule has 25 heavy (non-hydrogen) atoms. The highest BCUT2D eigenvalue weighted by Gasteiger charge is 2.25. The first-order valence-corrected chi connectivity index (χ1v) is 8.50. The van der Waals surface area contributed by atoms with E-state index in [-0.39, 0.29) is 11.7 Å². The summed E-state index contributed by atoms with van der Waals surface area (Å²) < 4.78 is 11.7. The molecule has 0 bridgehead atoms. The second kappa shape index (κ2) is 6.82. The van der Waals surface area contributed by atoms with Gasteiger partial charge in [-0.2, -0.15) is 0 Å². The minimum absolute atomic E-state index is 0.136. The van der Waals surface area contributed by atoms with Crippen LogP contribution < -0.4 is 10.3 Å². The average molecular weight is 339 g/mol. The standard InChI is InChI=1S/C19H21N3O3/c1-13-20-16(9-19(23)21-13)18-11-22(6-7-24-18)10-14-8-15-4-2-3-5-17(15)25-12-14/h2-5,8-9,18H,6-7,10-12H2,1H3,(H,20,21,23)/t18-/m1/s1. The van der Waals surface area contributed by atoms with Gasteiger partial charge in [-0.1, -0.05) is 18.2 Å². The van der Waals surface area contributed by atoms with Gasteiger partial charge in [0.15, 0.2) is 0 Å². The number of nitrogens with zero attached hydrogens (tertiary/aromatic N) is 2. The lowest BCUT2D eigenvalue weighted by molar-refractivity contribution is -0.0296. The Bertz CT molecular complexity index is 859. The van der Waals surface area contributed by atoms with Gasteiger partial charge in [-0.3, -0.25) is 9.69 Å². The molecule has 6 nitrogen and oxygen atoms in total. The highest BCUT2D eigenvalue weighted by Crippen LogP contribution is 2.27. The van der Waals surface area contributed by atoms with Gasteiger partial charge in [-0.15, -0.1) is 0 Å². The van der Waals surface area contributed by atoms with Crippen molar-refractivity contribution >= 4 is 6.08 Å². The zero-order valence-corrected chi connectivity index (χ0v) is 14.2. The Hall–Kier alpha value is -2.44. The van der Waals surface area contributed by atoms with E-state index in [9.17, 15) is 4.79 Å². The Labute approximate surface area is 146 Å². The summed E-state index contributed by atoms with van der Waals surface area (Å²) >= 11 is 0. The van der Waals surface area contributed by atoms with Crippen LogP contribution in [0.25, 0.3) is 6.08 Å². The van der Waals surface area contributed by atoms with Crippen LogP contribution in [0.4, 0.5) is 0 Å². The van der Waals surface area contributed by atoms with Crippen molar-refractivity contribution in [2.75, 3.05) is 32.8 Å². The first-order valence-electron chi connectivity index (χ1n) is 8.50. The molecule has 0 unspecified atom stereocenters. The molecule has 130 valence electrons. The molecule has 1 fully saturated rings. The van der Waals surface area contributed by atoms with Crippen LogP contribution in [0.15, 0.2) is 40.7 Å². The molecule has 0 saturated carbocycles. The topological polar surface area (TPSA) is 67.5 Å². The number of hydrogen-bond acceptors (Lipinski definition) is 5. The van der Waals surface area contributed by atoms with Crippen LogP contribution in [-0.4, -0.2) is 47.7 Å². The fraction of sp³-hybridized carbons (Fsp3) is 0.368. The Morgan fingerprint density at radius 2 is 2.24 bits per heavy atom. The maximum Gasteiger partial charge on any atom is 0.251 e. The van der Waals surface area contributed by atoms with E-state index >= 15 is 0 Å². The van der Waals surface area contributed by atoms with Crippen LogP contribution in [0, 0.1) is 6.92 Å². The summed E-state index contributed by atoms with van der Waals surface area (Å²) in [6.07, 6.45) is 2.03. The number of fused-ring (bicyclic) bond motifs is 1. The van der Waals surface area contributed by atoms with Gasteiger partial charge in [0.05, 0.1) is 12.3 Å². The predicted octanol–water partition coefficient (Wildman–Crippen LogP) is 1.93. The van der Waals surface area contributed by atoms with Crippen LogP contribution in [0.1, 0.15) is 23.2 Å². The number of para-hydroxylation sites is 1. The highest BCUT2D eigenvalue weighted by atomic mass is 16.5. The number of aromatic nitrogens is 2. The lowest BCUT2D eigenvalue weighted by atomic mass is 10.1. The number of benzene rings is 1. The van der Waals surface area contributed by atoms with Crippen LogP contribution in [0.5, 0.6) is 5.75 Å². The summed E-state index contributed by atoms with van der Waals surface area (Å²) in [5, 5.41) is 0. The summed E-state index contributed by atoms with van der Waals surface area (Å²) in [5.41, 5.74) is 2.93. The Balaban J connectivity index is 1.47. The summed E-state index contributed by atoms with van der Waals surface area (Å²) in [4.78, 5) is 21.1. The zero-order valence-electron chi connectivity index (χ0n) is 14.2. The second-order valence-electron chi connectivity index (χ2n) is 6.48. The van der Waals surface area contributed by atoms with Gasteiger partial charge in [-0.05, 0) is 24.6 Å². The van der Waals surface area contributed by atoms with Crippen LogP contribution in [-0.2, 0) is 4.74 Å². The van der Waals surface area contributed by atoms with Gasteiger partial charge in [0.25, 0.3) is 5.56 Å². The van der Waals surface area contributed by atoms with Gasteiger partial charge < -0.3 is 14.5 Å². The van der Waals surface area contributed by atoms with E-state index in [0.717, 1.165) is 30.9 Å². The van der Waals surface area contributed by atoms with E-state index < -0.39 is 0 Å². The monoisotopic (exact) mass is 339 g/mol. The van der Waals surface area contributed by atoms with Crippen molar-refractivity contribution in [1.82, 2.24) is 14.9 Å². The van der Waals surface area contributed by atoms with E-state index in [4.69, 9.17) is 9.47 Å². The van der Waals surface area contributed by atoms with Gasteiger partial charge in [0, 0.05) is 31.3 Å². The molecule has 4 rings (SSSR count). The van der Waals surface area contributed by atoms with Crippen molar-refractivity contribution in [2.24, 2.45) is 0 Å². The maximum absolute atomic E-state index is 11.7. The Morgan fingerprint density at radius 3 is 3.12 bits per heavy atom. The zero-order chi connectivity index (χ0) is 17.2. The summed E-state index contributed by atoms with van der Waals surface area (Å²) in [7, 11) is 0. The minimum atomic E-state index is -0.174. The molecule has 2 aliphatic heterocycles. The Morgan fingerprint density at radius 1 is 1.36 bits per heavy atom. The first kappa shape index (κ1) is 16.1. The van der Waals surface area contributed by atoms with Crippen molar-refractivity contribution < 1.29 is 9.47 Å². The Kier molecular flexibility index (Phi) is 4.38. The van der Waals surface area contributed by atoms with E-state index in [1.807, 2.05) is 18.2 Å². The largest absolute Gasteiger partial charge is 0.489 e. The van der Waals surface area contributed by atoms with Crippen molar-refractivity contribution in [3.8, 4) is 5.75 Å². The SMILES string of the molecule is Cc1nc([C@H]2CN(CC3=Cc4ccccc4OC3)CCO2)cc(=O)[nH]1. The fourth-order valence-corrected chi connectivity index (χ4v) is 3.33. The molecule has 1 N–H and O–H groups in total. The number of nitrogens with one attached hydrogen (secondary N) is 1. The van der Waals surface area contributed by atoms with E-state index in [1.165, 1.54) is 11.6 Å². The molecule has 1 aromatic carbocycles. The molecule has 2 aliphatic rings. The maximum atomic E-state index is 11.7. The summed E-state index contributed by atoms with van der Waals surface area (Å²) in [6, 6.07) is 9.60. The van der Waals surface area contributed by atoms with Crippen molar-refractivity contribution in [2.45, 2.75) is 13.0 Å². The smallest absolute Gasteiger partial charge is 0.251 e. The third-order valence-electron chi connectivity index (χ3n) is 4.48. The van der Waals surface area contributed by atoms with E-state index in [0.29, 0.717) is 24.7 Å². The van der Waals surface area contributed by atoms with Crippen LogP contribution in [0.3, 0.4) is 0 Å². The average Bonchev–Trinajstić information content (AvgIpc) is 2.61. The number of rotatable bonds is 3. The first-order chi connectivity index (χ1) is 12.2. The molecule has 0 spiro atoms. The fourth-order valence-electron chi connectivity index (χ4n) is 3.33. The number of morpholine rings is 1. The molecule has 0 amide bonds. The van der Waals surface area contributed by atoms with Gasteiger partial charge >= 0.3 is 0 Å². The number of hydrogen-bond donors (Lipinski definition) is 1. The van der Waals surface area contributed by atoms with Crippen LogP contribution >= 0.6 is 0 Å². The second-order valence-corrected chi connectivity index (χ2v) is 6.48. The van der Waals surface area contributed by atoms with Gasteiger partial charge in [0.2, 0.25) is 0 Å². The van der Waals surface area contributed by atoms with Crippen molar-refractivity contribution in [3.05, 3.63) is 63.3 Å². The minimum Gasteiger partial charge on any atom is -0.489 e. The summed E-state index contributed by atoms with van der Waals surface area (Å²) in [5.74, 6) is 1.55. The molecule has 2 aromatic rings. The predicted molar refractivity (Wildman–Crippen MR) is 94.6 cm³/mol. The van der Waals surface area contributed by atoms with Crippen molar-refractivity contribution in [1.29, 1.82) is 0 Å². The third kappa shape index (κ3) is 3.65. The highest BCUT2D eigenvalue weighted by molar-refractivity contribution is 5.62. The third-order valence-corrected chi connectivity index (χ3v) is 4.48. The molecule has 6 heteroatoms. The molecule has 1 atom stereocenters. The summed E-state index contributed by atoms with van der Waals surface area (Å²) in [6.45, 7) is 5.43. The van der Waals surface area contributed by atoms with E-state index in [2.05, 4.69) is 27.0 Å². The number of H-pyrrole nitrogens is 1.